The van der Waals surface area contributed by atoms with Crippen molar-refractivity contribution in [2.45, 2.75) is 33.2 Å². The molecule has 3 N–H and O–H groups in total. The minimum absolute atomic E-state index is 0.0583. The Hall–Kier alpha value is -2.24. The Bertz CT molecular complexity index is 503. The maximum atomic E-state index is 11.6. The number of guanidine groups is 1. The van der Waals surface area contributed by atoms with Crippen LogP contribution in [0.5, 0.6) is 5.75 Å². The molecule has 0 heterocycles. The quantitative estimate of drug-likeness (QED) is 0.478. The average molecular weight is 320 g/mol. The second-order valence-electron chi connectivity index (χ2n) is 5.07. The van der Waals surface area contributed by atoms with Crippen molar-refractivity contribution in [2.24, 2.45) is 4.99 Å². The molecule has 6 heteroatoms. The van der Waals surface area contributed by atoms with Crippen LogP contribution in [0, 0.1) is 0 Å². The SMILES string of the molecule is CCCNC(=O)CCNC(=NCc1cccc(OC)c1)NCC. The van der Waals surface area contributed by atoms with Gasteiger partial charge in [-0.05, 0) is 31.0 Å². The van der Waals surface area contributed by atoms with E-state index >= 15 is 0 Å². The predicted octanol–water partition coefficient (Wildman–Crippen LogP) is 1.67. The molecule has 1 aromatic carbocycles. The van der Waals surface area contributed by atoms with Gasteiger partial charge in [-0.25, -0.2) is 4.99 Å². The van der Waals surface area contributed by atoms with Crippen LogP contribution in [-0.4, -0.2) is 38.6 Å². The Balaban J connectivity index is 2.47. The van der Waals surface area contributed by atoms with Gasteiger partial charge in [0, 0.05) is 26.1 Å². The first-order valence-corrected chi connectivity index (χ1v) is 8.11. The summed E-state index contributed by atoms with van der Waals surface area (Å²) >= 11 is 0. The van der Waals surface area contributed by atoms with Gasteiger partial charge in [-0.1, -0.05) is 19.1 Å². The van der Waals surface area contributed by atoms with Crippen LogP contribution in [0.25, 0.3) is 0 Å². The molecule has 6 nitrogen and oxygen atoms in total. The standard InChI is InChI=1S/C17H28N4O2/c1-4-10-19-16(22)9-11-20-17(18-5-2)21-13-14-7-6-8-15(12-14)23-3/h6-8,12H,4-5,9-11,13H2,1-3H3,(H,19,22)(H2,18,20,21). The van der Waals surface area contributed by atoms with Gasteiger partial charge in [-0.15, -0.1) is 0 Å². The van der Waals surface area contributed by atoms with Crippen molar-refractivity contribution < 1.29 is 9.53 Å². The maximum Gasteiger partial charge on any atom is 0.221 e. The normalized spacial score (nSPS) is 11.0. The van der Waals surface area contributed by atoms with Crippen LogP contribution < -0.4 is 20.7 Å². The van der Waals surface area contributed by atoms with Gasteiger partial charge in [0.25, 0.3) is 0 Å². The predicted molar refractivity (Wildman–Crippen MR) is 93.7 cm³/mol. The van der Waals surface area contributed by atoms with Gasteiger partial charge in [0.05, 0.1) is 13.7 Å². The lowest BCUT2D eigenvalue weighted by molar-refractivity contribution is -0.120. The largest absolute Gasteiger partial charge is 0.497 e. The number of carbonyl (C=O) groups excluding carboxylic acids is 1. The zero-order valence-corrected chi connectivity index (χ0v) is 14.3. The molecule has 0 aliphatic carbocycles. The van der Waals surface area contributed by atoms with E-state index in [-0.39, 0.29) is 5.91 Å². The van der Waals surface area contributed by atoms with Crippen molar-refractivity contribution in [3.05, 3.63) is 29.8 Å². The molecular weight excluding hydrogens is 292 g/mol. The van der Waals surface area contributed by atoms with Crippen molar-refractivity contribution in [3.63, 3.8) is 0 Å². The molecule has 0 fully saturated rings. The summed E-state index contributed by atoms with van der Waals surface area (Å²) in [5.74, 6) is 1.59. The summed E-state index contributed by atoms with van der Waals surface area (Å²) in [6.07, 6.45) is 1.38. The first-order valence-electron chi connectivity index (χ1n) is 8.11. The van der Waals surface area contributed by atoms with E-state index in [0.29, 0.717) is 25.5 Å². The van der Waals surface area contributed by atoms with Gasteiger partial charge in [-0.2, -0.15) is 0 Å². The van der Waals surface area contributed by atoms with E-state index in [1.165, 1.54) is 0 Å². The minimum atomic E-state index is 0.0583. The van der Waals surface area contributed by atoms with Crippen molar-refractivity contribution in [1.29, 1.82) is 0 Å². The molecular formula is C17H28N4O2. The number of methoxy groups -OCH3 is 1. The van der Waals surface area contributed by atoms with Gasteiger partial charge in [0.1, 0.15) is 5.75 Å². The maximum absolute atomic E-state index is 11.6. The molecule has 23 heavy (non-hydrogen) atoms. The van der Waals surface area contributed by atoms with Gasteiger partial charge in [-0.3, -0.25) is 4.79 Å². The highest BCUT2D eigenvalue weighted by Gasteiger charge is 2.02. The van der Waals surface area contributed by atoms with Crippen LogP contribution in [-0.2, 0) is 11.3 Å². The smallest absolute Gasteiger partial charge is 0.221 e. The molecule has 0 saturated heterocycles. The van der Waals surface area contributed by atoms with E-state index in [2.05, 4.69) is 20.9 Å². The van der Waals surface area contributed by atoms with Crippen molar-refractivity contribution in [3.8, 4) is 5.75 Å². The topological polar surface area (TPSA) is 74.8 Å². The summed E-state index contributed by atoms with van der Waals surface area (Å²) < 4.78 is 5.21. The highest BCUT2D eigenvalue weighted by molar-refractivity contribution is 5.81. The van der Waals surface area contributed by atoms with Crippen LogP contribution in [0.2, 0.25) is 0 Å². The number of nitrogens with zero attached hydrogens (tertiary/aromatic N) is 1. The van der Waals surface area contributed by atoms with Crippen molar-refractivity contribution >= 4 is 11.9 Å². The van der Waals surface area contributed by atoms with E-state index < -0.39 is 0 Å². The average Bonchev–Trinajstić information content (AvgIpc) is 2.58. The molecule has 0 unspecified atom stereocenters. The lowest BCUT2D eigenvalue weighted by Gasteiger charge is -2.11. The second-order valence-corrected chi connectivity index (χ2v) is 5.07. The molecule has 0 bridgehead atoms. The number of hydrogen-bond acceptors (Lipinski definition) is 3. The number of benzene rings is 1. The van der Waals surface area contributed by atoms with Crippen molar-refractivity contribution in [1.82, 2.24) is 16.0 Å². The summed E-state index contributed by atoms with van der Waals surface area (Å²) in [5.41, 5.74) is 1.07. The van der Waals surface area contributed by atoms with E-state index in [4.69, 9.17) is 4.74 Å². The lowest BCUT2D eigenvalue weighted by Crippen LogP contribution is -2.39. The Morgan fingerprint density at radius 2 is 2.00 bits per heavy atom. The fourth-order valence-corrected chi connectivity index (χ4v) is 1.93. The fourth-order valence-electron chi connectivity index (χ4n) is 1.93. The molecule has 1 aromatic rings. The summed E-state index contributed by atoms with van der Waals surface area (Å²) in [6, 6.07) is 7.83. The van der Waals surface area contributed by atoms with Crippen molar-refractivity contribution in [2.75, 3.05) is 26.7 Å². The van der Waals surface area contributed by atoms with Gasteiger partial charge >= 0.3 is 0 Å². The zero-order valence-electron chi connectivity index (χ0n) is 14.3. The summed E-state index contributed by atoms with van der Waals surface area (Å²) in [7, 11) is 1.65. The van der Waals surface area contributed by atoms with E-state index in [0.717, 1.165) is 30.8 Å². The minimum Gasteiger partial charge on any atom is -0.497 e. The van der Waals surface area contributed by atoms with Crippen LogP contribution in [0.15, 0.2) is 29.3 Å². The third-order valence-electron chi connectivity index (χ3n) is 3.11. The molecule has 0 aliphatic rings. The van der Waals surface area contributed by atoms with E-state index in [9.17, 15) is 4.79 Å². The molecule has 128 valence electrons. The van der Waals surface area contributed by atoms with Gasteiger partial charge < -0.3 is 20.7 Å². The number of nitrogens with one attached hydrogen (secondary N) is 3. The Labute approximate surface area is 138 Å². The molecule has 1 rings (SSSR count). The van der Waals surface area contributed by atoms with E-state index in [1.807, 2.05) is 38.1 Å². The van der Waals surface area contributed by atoms with Crippen LogP contribution in [0.1, 0.15) is 32.3 Å². The van der Waals surface area contributed by atoms with Gasteiger partial charge in [0.2, 0.25) is 5.91 Å². The van der Waals surface area contributed by atoms with Gasteiger partial charge in [0.15, 0.2) is 5.96 Å². The van der Waals surface area contributed by atoms with E-state index in [1.54, 1.807) is 7.11 Å². The number of carbonyl (C=O) groups is 1. The first kappa shape index (κ1) is 18.8. The highest BCUT2D eigenvalue weighted by Crippen LogP contribution is 2.13. The lowest BCUT2D eigenvalue weighted by atomic mass is 10.2. The Morgan fingerprint density at radius 1 is 1.17 bits per heavy atom. The molecule has 0 radical (unpaired) electrons. The first-order chi connectivity index (χ1) is 11.2. The third kappa shape index (κ3) is 8.09. The molecule has 0 saturated carbocycles. The molecule has 0 spiro atoms. The number of amides is 1. The van der Waals surface area contributed by atoms with Crippen LogP contribution in [0.4, 0.5) is 0 Å². The number of aliphatic imine (C=N–C) groups is 1. The zero-order chi connectivity index (χ0) is 16.9. The van der Waals surface area contributed by atoms with Crippen LogP contribution >= 0.6 is 0 Å². The molecule has 0 aromatic heterocycles. The second kappa shape index (κ2) is 11.3. The summed E-state index contributed by atoms with van der Waals surface area (Å²) in [4.78, 5) is 16.1. The molecule has 1 amide bonds. The summed E-state index contributed by atoms with van der Waals surface area (Å²) in [5, 5.41) is 9.20. The monoisotopic (exact) mass is 320 g/mol. The molecule has 0 atom stereocenters. The third-order valence-corrected chi connectivity index (χ3v) is 3.11. The van der Waals surface area contributed by atoms with Crippen LogP contribution in [0.3, 0.4) is 0 Å². The Kier molecular flexibility index (Phi) is 9.28. The molecule has 0 aliphatic heterocycles. The Morgan fingerprint density at radius 3 is 2.70 bits per heavy atom. The highest BCUT2D eigenvalue weighted by atomic mass is 16.5. The number of ether oxygens (including phenoxy) is 1. The fraction of sp³-hybridized carbons (Fsp3) is 0.529. The number of hydrogen-bond donors (Lipinski definition) is 3. The number of rotatable bonds is 9. The summed E-state index contributed by atoms with van der Waals surface area (Å²) in [6.45, 7) is 6.65.